The Morgan fingerprint density at radius 3 is 2.85 bits per heavy atom. The van der Waals surface area contributed by atoms with Gasteiger partial charge in [0.25, 0.3) is 0 Å². The predicted molar refractivity (Wildman–Crippen MR) is 116 cm³/mol. The molecular weight excluding hydrogens is 443 g/mol. The monoisotopic (exact) mass is 474 g/mol. The zero-order valence-electron chi connectivity index (χ0n) is 15.9. The summed E-state index contributed by atoms with van der Waals surface area (Å²) in [6, 6.07) is 3.67. The van der Waals surface area contributed by atoms with Gasteiger partial charge >= 0.3 is 0 Å². The van der Waals surface area contributed by atoms with E-state index in [1.54, 1.807) is 6.26 Å². The minimum Gasteiger partial charge on any atom is -0.461 e. The molecule has 146 valence electrons. The van der Waals surface area contributed by atoms with Crippen LogP contribution in [0.1, 0.15) is 45.9 Å². The number of halogens is 1. The van der Waals surface area contributed by atoms with Gasteiger partial charge in [-0.1, -0.05) is 26.7 Å². The first kappa shape index (κ1) is 22.5. The van der Waals surface area contributed by atoms with E-state index >= 15 is 0 Å². The molecular formula is C18H31IN6O. The van der Waals surface area contributed by atoms with E-state index in [2.05, 4.69) is 51.6 Å². The number of furan rings is 1. The lowest BCUT2D eigenvalue weighted by atomic mass is 10.1. The summed E-state index contributed by atoms with van der Waals surface area (Å²) in [6.45, 7) is 9.04. The summed E-state index contributed by atoms with van der Waals surface area (Å²) in [5.74, 6) is 3.71. The van der Waals surface area contributed by atoms with E-state index in [0.29, 0.717) is 11.6 Å². The molecule has 2 aromatic heterocycles. The fourth-order valence-electron chi connectivity index (χ4n) is 2.42. The normalized spacial score (nSPS) is 11.5. The highest BCUT2D eigenvalue weighted by Crippen LogP contribution is 2.14. The highest BCUT2D eigenvalue weighted by Gasteiger charge is 2.08. The molecule has 2 rings (SSSR count). The second-order valence-electron chi connectivity index (χ2n) is 6.41. The average Bonchev–Trinajstić information content (AvgIpc) is 3.25. The minimum absolute atomic E-state index is 0. The maximum absolute atomic E-state index is 5.30. The second-order valence-corrected chi connectivity index (χ2v) is 6.41. The Morgan fingerprint density at radius 1 is 1.31 bits per heavy atom. The first-order valence-corrected chi connectivity index (χ1v) is 9.16. The van der Waals surface area contributed by atoms with Gasteiger partial charge < -0.3 is 15.1 Å². The van der Waals surface area contributed by atoms with E-state index in [1.807, 2.05) is 12.1 Å². The number of aromatic amines is 1. The summed E-state index contributed by atoms with van der Waals surface area (Å²) in [7, 11) is 0. The van der Waals surface area contributed by atoms with Crippen molar-refractivity contribution in [1.29, 1.82) is 0 Å². The molecule has 0 saturated carbocycles. The van der Waals surface area contributed by atoms with Crippen molar-refractivity contribution >= 4 is 29.9 Å². The van der Waals surface area contributed by atoms with Gasteiger partial charge in [-0.2, -0.15) is 5.10 Å². The van der Waals surface area contributed by atoms with Crippen molar-refractivity contribution in [2.24, 2.45) is 10.9 Å². The quantitative estimate of drug-likeness (QED) is 0.212. The minimum atomic E-state index is 0. The van der Waals surface area contributed by atoms with Crippen LogP contribution in [-0.4, -0.2) is 40.8 Å². The molecule has 0 aromatic carbocycles. The molecule has 7 nitrogen and oxygen atoms in total. The van der Waals surface area contributed by atoms with Crippen LogP contribution in [0.2, 0.25) is 0 Å². The Bertz CT molecular complexity index is 623. The Labute approximate surface area is 172 Å². The maximum Gasteiger partial charge on any atom is 0.216 e. The van der Waals surface area contributed by atoms with Crippen LogP contribution in [0.4, 0.5) is 0 Å². The van der Waals surface area contributed by atoms with E-state index in [0.717, 1.165) is 50.2 Å². The smallest absolute Gasteiger partial charge is 0.216 e. The Balaban J connectivity index is 0.00000338. The third kappa shape index (κ3) is 8.20. The van der Waals surface area contributed by atoms with Crippen LogP contribution in [0.25, 0.3) is 11.6 Å². The Hall–Kier alpha value is -1.58. The lowest BCUT2D eigenvalue weighted by Crippen LogP contribution is -2.38. The molecule has 0 unspecified atom stereocenters. The Kier molecular flexibility index (Phi) is 11.0. The fraction of sp³-hybridized carbons (Fsp3) is 0.611. The topological polar surface area (TPSA) is 91.1 Å². The van der Waals surface area contributed by atoms with Crippen LogP contribution in [-0.2, 0) is 6.42 Å². The molecule has 0 spiro atoms. The lowest BCUT2D eigenvalue weighted by Gasteiger charge is -2.10. The molecule has 0 aliphatic rings. The summed E-state index contributed by atoms with van der Waals surface area (Å²) in [4.78, 5) is 9.06. The molecule has 0 atom stereocenters. The van der Waals surface area contributed by atoms with Crippen LogP contribution in [0.3, 0.4) is 0 Å². The van der Waals surface area contributed by atoms with Gasteiger partial charge in [0, 0.05) is 26.1 Å². The SMILES string of the molecule is CCNC(=NCCCCC(C)C)NCCc1nc(-c2ccco2)n[nH]1.I. The summed E-state index contributed by atoms with van der Waals surface area (Å²) < 4.78 is 5.30. The van der Waals surface area contributed by atoms with E-state index in [9.17, 15) is 0 Å². The van der Waals surface area contributed by atoms with Crippen LogP contribution in [0, 0.1) is 5.92 Å². The van der Waals surface area contributed by atoms with Gasteiger partial charge in [0.1, 0.15) is 5.82 Å². The molecule has 0 amide bonds. The first-order valence-electron chi connectivity index (χ1n) is 9.16. The molecule has 0 radical (unpaired) electrons. The number of aliphatic imine (C=N–C) groups is 1. The number of H-pyrrole nitrogens is 1. The summed E-state index contributed by atoms with van der Waals surface area (Å²) in [6.07, 6.45) is 5.99. The third-order valence-corrected chi connectivity index (χ3v) is 3.73. The van der Waals surface area contributed by atoms with Gasteiger partial charge in [-0.15, -0.1) is 24.0 Å². The van der Waals surface area contributed by atoms with Gasteiger partial charge in [-0.25, -0.2) is 4.98 Å². The van der Waals surface area contributed by atoms with Gasteiger partial charge in [0.15, 0.2) is 11.7 Å². The standard InChI is InChI=1S/C18H30N6O.HI/c1-4-19-18(20-11-6-5-8-14(2)3)21-12-10-16-22-17(24-23-16)15-9-7-13-25-15;/h7,9,13-14H,4-6,8,10-12H2,1-3H3,(H2,19,20,21)(H,22,23,24);1H. The van der Waals surface area contributed by atoms with E-state index < -0.39 is 0 Å². The van der Waals surface area contributed by atoms with Crippen LogP contribution < -0.4 is 10.6 Å². The third-order valence-electron chi connectivity index (χ3n) is 3.73. The number of unbranched alkanes of at least 4 members (excludes halogenated alkanes) is 1. The van der Waals surface area contributed by atoms with E-state index in [4.69, 9.17) is 4.42 Å². The Morgan fingerprint density at radius 2 is 2.15 bits per heavy atom. The van der Waals surface area contributed by atoms with Crippen molar-refractivity contribution in [2.75, 3.05) is 19.6 Å². The second kappa shape index (κ2) is 12.7. The first-order chi connectivity index (χ1) is 12.2. The molecule has 0 fully saturated rings. The fourth-order valence-corrected chi connectivity index (χ4v) is 2.42. The van der Waals surface area contributed by atoms with E-state index in [-0.39, 0.29) is 24.0 Å². The van der Waals surface area contributed by atoms with Crippen LogP contribution in [0.15, 0.2) is 27.8 Å². The van der Waals surface area contributed by atoms with Crippen molar-refractivity contribution in [2.45, 2.75) is 46.5 Å². The van der Waals surface area contributed by atoms with Crippen molar-refractivity contribution in [3.63, 3.8) is 0 Å². The highest BCUT2D eigenvalue weighted by atomic mass is 127. The van der Waals surface area contributed by atoms with Gasteiger partial charge in [0.2, 0.25) is 5.82 Å². The number of guanidine groups is 1. The molecule has 0 aliphatic heterocycles. The molecule has 8 heteroatoms. The number of hydrogen-bond donors (Lipinski definition) is 3. The predicted octanol–water partition coefficient (Wildman–Crippen LogP) is 3.61. The molecule has 2 heterocycles. The van der Waals surface area contributed by atoms with Gasteiger partial charge in [0.05, 0.1) is 6.26 Å². The van der Waals surface area contributed by atoms with Crippen LogP contribution >= 0.6 is 24.0 Å². The zero-order chi connectivity index (χ0) is 17.9. The van der Waals surface area contributed by atoms with Gasteiger partial charge in [-0.05, 0) is 31.4 Å². The average molecular weight is 474 g/mol. The highest BCUT2D eigenvalue weighted by molar-refractivity contribution is 14.0. The van der Waals surface area contributed by atoms with Crippen molar-refractivity contribution in [3.8, 4) is 11.6 Å². The lowest BCUT2D eigenvalue weighted by molar-refractivity contribution is 0.541. The number of aromatic nitrogens is 3. The molecule has 2 aromatic rings. The summed E-state index contributed by atoms with van der Waals surface area (Å²) in [5, 5.41) is 13.7. The molecule has 0 aliphatic carbocycles. The molecule has 3 N–H and O–H groups in total. The molecule has 26 heavy (non-hydrogen) atoms. The molecule has 0 saturated heterocycles. The van der Waals surface area contributed by atoms with Crippen molar-refractivity contribution < 1.29 is 4.42 Å². The van der Waals surface area contributed by atoms with Gasteiger partial charge in [-0.3, -0.25) is 10.1 Å². The number of nitrogens with one attached hydrogen (secondary N) is 3. The summed E-state index contributed by atoms with van der Waals surface area (Å²) >= 11 is 0. The van der Waals surface area contributed by atoms with Crippen molar-refractivity contribution in [3.05, 3.63) is 24.2 Å². The van der Waals surface area contributed by atoms with Crippen molar-refractivity contribution in [1.82, 2.24) is 25.8 Å². The number of hydrogen-bond acceptors (Lipinski definition) is 4. The maximum atomic E-state index is 5.30. The number of nitrogens with zero attached hydrogens (tertiary/aromatic N) is 3. The zero-order valence-corrected chi connectivity index (χ0v) is 18.2. The largest absolute Gasteiger partial charge is 0.461 e. The molecule has 0 bridgehead atoms. The summed E-state index contributed by atoms with van der Waals surface area (Å²) in [5.41, 5.74) is 0. The number of rotatable bonds is 10. The van der Waals surface area contributed by atoms with E-state index in [1.165, 1.54) is 12.8 Å². The van der Waals surface area contributed by atoms with Crippen LogP contribution in [0.5, 0.6) is 0 Å².